The van der Waals surface area contributed by atoms with E-state index >= 15 is 0 Å². The van der Waals surface area contributed by atoms with Crippen LogP contribution in [0.4, 0.5) is 0 Å². The molecule has 0 bridgehead atoms. The molecule has 0 aromatic carbocycles. The number of aliphatic hydroxyl groups is 1. The first-order valence-corrected chi connectivity index (χ1v) is 8.72. The van der Waals surface area contributed by atoms with Crippen molar-refractivity contribution in [2.45, 2.75) is 43.4 Å². The van der Waals surface area contributed by atoms with E-state index in [1.165, 1.54) is 6.07 Å². The second kappa shape index (κ2) is 6.15. The van der Waals surface area contributed by atoms with E-state index in [2.05, 4.69) is 32.5 Å². The molecule has 0 aliphatic carbocycles. The van der Waals surface area contributed by atoms with Crippen LogP contribution in [0, 0.1) is 0 Å². The molecule has 1 aromatic heterocycles. The summed E-state index contributed by atoms with van der Waals surface area (Å²) in [5, 5.41) is 8.99. The molecule has 1 aromatic rings. The van der Waals surface area contributed by atoms with Gasteiger partial charge in [-0.1, -0.05) is 0 Å². The molecule has 0 radical (unpaired) electrons. The molecule has 1 aliphatic rings. The Kier molecular flexibility index (Phi) is 4.91. The Hall–Kier alpha value is -0.410. The van der Waals surface area contributed by atoms with Crippen molar-refractivity contribution < 1.29 is 17.9 Å². The van der Waals surface area contributed by atoms with Crippen molar-refractivity contribution in [3.8, 4) is 0 Å². The van der Waals surface area contributed by atoms with Gasteiger partial charge in [-0.05, 0) is 49.3 Å². The van der Waals surface area contributed by atoms with Gasteiger partial charge in [-0.25, -0.2) is 13.1 Å². The Balaban J connectivity index is 2.13. The molecule has 0 saturated carbocycles. The number of rotatable bonds is 4. The quantitative estimate of drug-likeness (QED) is 0.838. The Morgan fingerprint density at radius 3 is 2.85 bits per heavy atom. The average molecular weight is 367 g/mol. The van der Waals surface area contributed by atoms with E-state index in [0.717, 1.165) is 19.4 Å². The van der Waals surface area contributed by atoms with E-state index in [-0.39, 0.29) is 28.0 Å². The summed E-state index contributed by atoms with van der Waals surface area (Å²) >= 11 is 3.07. The minimum atomic E-state index is -3.64. The third-order valence-corrected chi connectivity index (χ3v) is 6.06. The fourth-order valence-electron chi connectivity index (χ4n) is 2.34. The van der Waals surface area contributed by atoms with E-state index < -0.39 is 10.0 Å². The first-order chi connectivity index (χ1) is 9.33. The van der Waals surface area contributed by atoms with Gasteiger partial charge in [0.2, 0.25) is 10.0 Å². The second-order valence-corrected chi connectivity index (χ2v) is 7.58. The maximum absolute atomic E-state index is 12.3. The SMILES string of the molecule is CC1CC(NS(=O)(=O)c2cc(CO)oc2Br)CCN1C. The molecule has 0 amide bonds. The van der Waals surface area contributed by atoms with Crippen molar-refractivity contribution in [1.82, 2.24) is 9.62 Å². The topological polar surface area (TPSA) is 82.8 Å². The van der Waals surface area contributed by atoms with Crippen molar-refractivity contribution in [2.75, 3.05) is 13.6 Å². The molecule has 1 fully saturated rings. The smallest absolute Gasteiger partial charge is 0.245 e. The summed E-state index contributed by atoms with van der Waals surface area (Å²) in [6.45, 7) is 2.61. The zero-order valence-corrected chi connectivity index (χ0v) is 13.9. The summed E-state index contributed by atoms with van der Waals surface area (Å²) in [7, 11) is -1.60. The third-order valence-electron chi connectivity index (χ3n) is 3.68. The van der Waals surface area contributed by atoms with Crippen molar-refractivity contribution in [1.29, 1.82) is 0 Å². The number of furan rings is 1. The molecular weight excluding hydrogens is 348 g/mol. The Labute approximate surface area is 127 Å². The molecule has 20 heavy (non-hydrogen) atoms. The average Bonchev–Trinajstić information content (AvgIpc) is 2.76. The lowest BCUT2D eigenvalue weighted by Crippen LogP contribution is -2.47. The summed E-state index contributed by atoms with van der Waals surface area (Å²) in [6.07, 6.45) is 1.56. The van der Waals surface area contributed by atoms with Crippen LogP contribution in [-0.2, 0) is 16.6 Å². The highest BCUT2D eigenvalue weighted by Gasteiger charge is 2.29. The molecule has 2 unspecified atom stereocenters. The van der Waals surface area contributed by atoms with Gasteiger partial charge in [-0.2, -0.15) is 0 Å². The maximum Gasteiger partial charge on any atom is 0.245 e. The standard InChI is InChI=1S/C12H19BrN2O4S/c1-8-5-9(3-4-15(8)2)14-20(17,18)11-6-10(7-16)19-12(11)13/h6,8-9,14,16H,3-5,7H2,1-2H3. The van der Waals surface area contributed by atoms with Crippen LogP contribution in [0.5, 0.6) is 0 Å². The number of likely N-dealkylation sites (tertiary alicyclic amines) is 1. The van der Waals surface area contributed by atoms with Gasteiger partial charge in [-0.3, -0.25) is 0 Å². The maximum atomic E-state index is 12.3. The highest BCUT2D eigenvalue weighted by Crippen LogP contribution is 2.27. The predicted molar refractivity (Wildman–Crippen MR) is 77.8 cm³/mol. The van der Waals surface area contributed by atoms with Crippen molar-refractivity contribution in [3.05, 3.63) is 16.5 Å². The fraction of sp³-hybridized carbons (Fsp3) is 0.667. The van der Waals surface area contributed by atoms with Gasteiger partial charge >= 0.3 is 0 Å². The predicted octanol–water partition coefficient (Wildman–Crippen LogP) is 1.30. The van der Waals surface area contributed by atoms with E-state index in [0.29, 0.717) is 6.04 Å². The Bertz CT molecular complexity index is 572. The first kappa shape index (κ1) is 16.0. The number of nitrogens with one attached hydrogen (secondary N) is 1. The summed E-state index contributed by atoms with van der Waals surface area (Å²) in [5.41, 5.74) is 0. The van der Waals surface area contributed by atoms with Crippen molar-refractivity contribution >= 4 is 26.0 Å². The number of hydrogen-bond acceptors (Lipinski definition) is 5. The fourth-order valence-corrected chi connectivity index (χ4v) is 4.62. The van der Waals surface area contributed by atoms with Gasteiger partial charge in [0.15, 0.2) is 4.67 Å². The van der Waals surface area contributed by atoms with Crippen molar-refractivity contribution in [2.24, 2.45) is 0 Å². The number of nitrogens with zero attached hydrogens (tertiary/aromatic N) is 1. The molecule has 2 atom stereocenters. The van der Waals surface area contributed by atoms with Crippen LogP contribution in [0.3, 0.4) is 0 Å². The lowest BCUT2D eigenvalue weighted by Gasteiger charge is -2.35. The normalized spacial score (nSPS) is 25.0. The number of sulfonamides is 1. The zero-order chi connectivity index (χ0) is 14.9. The summed E-state index contributed by atoms with van der Waals surface area (Å²) in [6, 6.07) is 1.60. The molecule has 114 valence electrons. The Morgan fingerprint density at radius 1 is 1.60 bits per heavy atom. The number of aliphatic hydroxyl groups excluding tert-OH is 1. The van der Waals surface area contributed by atoms with Crippen LogP contribution < -0.4 is 4.72 Å². The number of halogens is 1. The van der Waals surface area contributed by atoms with Gasteiger partial charge in [0.1, 0.15) is 17.3 Å². The van der Waals surface area contributed by atoms with E-state index in [4.69, 9.17) is 9.52 Å². The highest BCUT2D eigenvalue weighted by molar-refractivity contribution is 9.10. The van der Waals surface area contributed by atoms with E-state index in [1.807, 2.05) is 7.05 Å². The molecule has 0 spiro atoms. The first-order valence-electron chi connectivity index (χ1n) is 6.45. The minimum absolute atomic E-state index is 0.0353. The van der Waals surface area contributed by atoms with Gasteiger partial charge in [0.05, 0.1) is 0 Å². The van der Waals surface area contributed by atoms with Crippen LogP contribution in [0.25, 0.3) is 0 Å². The summed E-state index contributed by atoms with van der Waals surface area (Å²) in [5.74, 6) is 0.217. The van der Waals surface area contributed by atoms with Crippen LogP contribution in [0.2, 0.25) is 0 Å². The van der Waals surface area contributed by atoms with Gasteiger partial charge < -0.3 is 14.4 Å². The lowest BCUT2D eigenvalue weighted by molar-refractivity contribution is 0.178. The Morgan fingerprint density at radius 2 is 2.30 bits per heavy atom. The zero-order valence-electron chi connectivity index (χ0n) is 11.5. The van der Waals surface area contributed by atoms with Gasteiger partial charge in [0.25, 0.3) is 0 Å². The van der Waals surface area contributed by atoms with Gasteiger partial charge in [-0.15, -0.1) is 0 Å². The van der Waals surface area contributed by atoms with E-state index in [1.54, 1.807) is 0 Å². The molecule has 2 rings (SSSR count). The van der Waals surface area contributed by atoms with Crippen LogP contribution in [-0.4, -0.2) is 44.1 Å². The van der Waals surface area contributed by atoms with Crippen LogP contribution >= 0.6 is 15.9 Å². The minimum Gasteiger partial charge on any atom is -0.450 e. The molecule has 2 heterocycles. The second-order valence-electron chi connectivity index (χ2n) is 5.18. The molecule has 1 saturated heterocycles. The lowest BCUT2D eigenvalue weighted by atomic mass is 10.0. The van der Waals surface area contributed by atoms with Crippen molar-refractivity contribution in [3.63, 3.8) is 0 Å². The summed E-state index contributed by atoms with van der Waals surface area (Å²) < 4.78 is 32.6. The largest absolute Gasteiger partial charge is 0.450 e. The molecular formula is C12H19BrN2O4S. The molecule has 8 heteroatoms. The highest BCUT2D eigenvalue weighted by atomic mass is 79.9. The van der Waals surface area contributed by atoms with E-state index in [9.17, 15) is 8.42 Å². The van der Waals surface area contributed by atoms with Crippen LogP contribution in [0.15, 0.2) is 20.0 Å². The summed E-state index contributed by atoms with van der Waals surface area (Å²) in [4.78, 5) is 2.25. The monoisotopic (exact) mass is 366 g/mol. The molecule has 6 nitrogen and oxygen atoms in total. The number of piperidine rings is 1. The molecule has 1 aliphatic heterocycles. The number of hydrogen-bond donors (Lipinski definition) is 2. The van der Waals surface area contributed by atoms with Gasteiger partial charge in [0, 0.05) is 18.2 Å². The third kappa shape index (κ3) is 3.43. The van der Waals surface area contributed by atoms with Crippen LogP contribution in [0.1, 0.15) is 25.5 Å². The molecule has 2 N–H and O–H groups in total.